The molecule has 0 saturated carbocycles. The summed E-state index contributed by atoms with van der Waals surface area (Å²) in [6, 6.07) is 11.9. The summed E-state index contributed by atoms with van der Waals surface area (Å²) in [4.78, 5) is 5.15. The highest BCUT2D eigenvalue weighted by Gasteiger charge is 2.25. The van der Waals surface area contributed by atoms with Gasteiger partial charge in [0.05, 0.1) is 0 Å². The smallest absolute Gasteiger partial charge is 0.0361 e. The Morgan fingerprint density at radius 1 is 1.00 bits per heavy atom. The van der Waals surface area contributed by atoms with E-state index >= 15 is 0 Å². The van der Waals surface area contributed by atoms with Crippen LogP contribution in [0.4, 0.5) is 0 Å². The number of hydrogen-bond donors (Lipinski definition) is 1. The van der Waals surface area contributed by atoms with Gasteiger partial charge in [-0.1, -0.05) is 30.3 Å². The van der Waals surface area contributed by atoms with Crippen LogP contribution in [0.2, 0.25) is 0 Å². The third-order valence-corrected chi connectivity index (χ3v) is 4.14. The van der Waals surface area contributed by atoms with Crippen molar-refractivity contribution in [1.82, 2.24) is 9.80 Å². The van der Waals surface area contributed by atoms with Gasteiger partial charge in [0.2, 0.25) is 0 Å². The van der Waals surface area contributed by atoms with Gasteiger partial charge in [0.15, 0.2) is 0 Å². The molecule has 0 aromatic heterocycles. The van der Waals surface area contributed by atoms with Crippen LogP contribution in [0.1, 0.15) is 31.9 Å². The average molecular weight is 261 g/mol. The Kier molecular flexibility index (Phi) is 5.37. The van der Waals surface area contributed by atoms with E-state index in [1.165, 1.54) is 18.7 Å². The molecule has 1 heterocycles. The molecule has 3 nitrogen and oxygen atoms in total. The Morgan fingerprint density at radius 2 is 1.58 bits per heavy atom. The second kappa shape index (κ2) is 7.04. The summed E-state index contributed by atoms with van der Waals surface area (Å²) in [5.41, 5.74) is 7.22. The highest BCUT2D eigenvalue weighted by Crippen LogP contribution is 2.25. The van der Waals surface area contributed by atoms with Crippen LogP contribution in [0.15, 0.2) is 30.3 Å². The molecule has 1 fully saturated rings. The second-order valence-electron chi connectivity index (χ2n) is 5.67. The first-order valence-corrected chi connectivity index (χ1v) is 7.45. The quantitative estimate of drug-likeness (QED) is 0.881. The molecule has 0 bridgehead atoms. The fourth-order valence-corrected chi connectivity index (χ4v) is 2.96. The lowest BCUT2D eigenvalue weighted by Crippen LogP contribution is -2.50. The zero-order valence-corrected chi connectivity index (χ0v) is 12.3. The summed E-state index contributed by atoms with van der Waals surface area (Å²) in [6.07, 6.45) is 1.05. The minimum atomic E-state index is 0.487. The van der Waals surface area contributed by atoms with Crippen LogP contribution in [-0.4, -0.2) is 48.6 Å². The summed E-state index contributed by atoms with van der Waals surface area (Å²) >= 11 is 0. The van der Waals surface area contributed by atoms with Crippen molar-refractivity contribution in [3.8, 4) is 0 Å². The first-order valence-electron chi connectivity index (χ1n) is 7.45. The molecule has 0 radical (unpaired) electrons. The van der Waals surface area contributed by atoms with Crippen LogP contribution in [0.3, 0.4) is 0 Å². The summed E-state index contributed by atoms with van der Waals surface area (Å²) in [5, 5.41) is 0. The van der Waals surface area contributed by atoms with Crippen molar-refractivity contribution in [2.45, 2.75) is 32.4 Å². The highest BCUT2D eigenvalue weighted by molar-refractivity contribution is 5.19. The van der Waals surface area contributed by atoms with E-state index in [2.05, 4.69) is 54.0 Å². The van der Waals surface area contributed by atoms with E-state index in [1.807, 2.05) is 0 Å². The monoisotopic (exact) mass is 261 g/mol. The fraction of sp³-hybridized carbons (Fsp3) is 0.625. The first kappa shape index (κ1) is 14.5. The molecule has 1 aliphatic rings. The van der Waals surface area contributed by atoms with E-state index in [-0.39, 0.29) is 0 Å². The predicted molar refractivity (Wildman–Crippen MR) is 81.1 cm³/mol. The molecule has 1 aliphatic heterocycles. The molecule has 3 heteroatoms. The lowest BCUT2D eigenvalue weighted by atomic mass is 10.0. The van der Waals surface area contributed by atoms with Crippen LogP contribution in [0, 0.1) is 0 Å². The Labute approximate surface area is 117 Å². The maximum Gasteiger partial charge on any atom is 0.0361 e. The van der Waals surface area contributed by atoms with Crippen molar-refractivity contribution < 1.29 is 0 Å². The summed E-state index contributed by atoms with van der Waals surface area (Å²) < 4.78 is 0. The molecule has 106 valence electrons. The molecule has 1 atom stereocenters. The molecule has 1 unspecified atom stereocenters. The van der Waals surface area contributed by atoms with E-state index in [0.717, 1.165) is 26.1 Å². The van der Waals surface area contributed by atoms with Crippen molar-refractivity contribution in [3.63, 3.8) is 0 Å². The van der Waals surface area contributed by atoms with Gasteiger partial charge in [0, 0.05) is 38.3 Å². The number of nitrogens with two attached hydrogens (primary N) is 1. The molecule has 1 aromatic rings. The summed E-state index contributed by atoms with van der Waals surface area (Å²) in [6.45, 7) is 9.96. The molecule has 0 aliphatic carbocycles. The molecule has 1 aromatic carbocycles. The molecular formula is C16H27N3. The number of rotatable bonds is 5. The van der Waals surface area contributed by atoms with Gasteiger partial charge in [-0.3, -0.25) is 9.80 Å². The van der Waals surface area contributed by atoms with E-state index in [0.29, 0.717) is 12.1 Å². The Hall–Kier alpha value is -0.900. The van der Waals surface area contributed by atoms with E-state index in [4.69, 9.17) is 5.73 Å². The number of hydrogen-bond acceptors (Lipinski definition) is 3. The van der Waals surface area contributed by atoms with Crippen LogP contribution < -0.4 is 5.73 Å². The lowest BCUT2D eigenvalue weighted by molar-refractivity contribution is 0.0754. The molecular weight excluding hydrogens is 234 g/mol. The minimum absolute atomic E-state index is 0.487. The average Bonchev–Trinajstić information content (AvgIpc) is 2.46. The number of nitrogens with zero attached hydrogens (tertiary/aromatic N) is 2. The third-order valence-electron chi connectivity index (χ3n) is 4.14. The van der Waals surface area contributed by atoms with Crippen molar-refractivity contribution in [3.05, 3.63) is 35.9 Å². The lowest BCUT2D eigenvalue weighted by Gasteiger charge is -2.41. The SMILES string of the molecule is CC(C)N1CCN(C(CCN)c2ccccc2)CC1. The first-order chi connectivity index (χ1) is 9.22. The zero-order valence-electron chi connectivity index (χ0n) is 12.3. The number of piperazine rings is 1. The van der Waals surface area contributed by atoms with Crippen LogP contribution >= 0.6 is 0 Å². The van der Waals surface area contributed by atoms with Crippen molar-refractivity contribution >= 4 is 0 Å². The van der Waals surface area contributed by atoms with Gasteiger partial charge in [0.1, 0.15) is 0 Å². The maximum atomic E-state index is 5.81. The molecule has 19 heavy (non-hydrogen) atoms. The van der Waals surface area contributed by atoms with Gasteiger partial charge < -0.3 is 5.73 Å². The fourth-order valence-electron chi connectivity index (χ4n) is 2.96. The second-order valence-corrected chi connectivity index (χ2v) is 5.67. The van der Waals surface area contributed by atoms with E-state index in [1.54, 1.807) is 0 Å². The normalized spacial score (nSPS) is 19.8. The van der Waals surface area contributed by atoms with E-state index in [9.17, 15) is 0 Å². The summed E-state index contributed by atoms with van der Waals surface area (Å²) in [7, 11) is 0. The van der Waals surface area contributed by atoms with Crippen LogP contribution in [0.5, 0.6) is 0 Å². The molecule has 2 N–H and O–H groups in total. The highest BCUT2D eigenvalue weighted by atomic mass is 15.3. The van der Waals surface area contributed by atoms with Crippen molar-refractivity contribution in [2.24, 2.45) is 5.73 Å². The van der Waals surface area contributed by atoms with Gasteiger partial charge >= 0.3 is 0 Å². The minimum Gasteiger partial charge on any atom is -0.330 e. The standard InChI is InChI=1S/C16H27N3/c1-14(2)18-10-12-19(13-11-18)16(8-9-17)15-6-4-3-5-7-15/h3-7,14,16H,8-13,17H2,1-2H3. The molecule has 0 spiro atoms. The largest absolute Gasteiger partial charge is 0.330 e. The van der Waals surface area contributed by atoms with Crippen molar-refractivity contribution in [1.29, 1.82) is 0 Å². The Balaban J connectivity index is 2.01. The Morgan fingerprint density at radius 3 is 2.11 bits per heavy atom. The summed E-state index contributed by atoms with van der Waals surface area (Å²) in [5.74, 6) is 0. The van der Waals surface area contributed by atoms with Gasteiger partial charge in [-0.05, 0) is 32.4 Å². The van der Waals surface area contributed by atoms with Gasteiger partial charge in [-0.25, -0.2) is 0 Å². The maximum absolute atomic E-state index is 5.81. The van der Waals surface area contributed by atoms with Gasteiger partial charge in [-0.2, -0.15) is 0 Å². The van der Waals surface area contributed by atoms with Gasteiger partial charge in [-0.15, -0.1) is 0 Å². The van der Waals surface area contributed by atoms with Gasteiger partial charge in [0.25, 0.3) is 0 Å². The van der Waals surface area contributed by atoms with Crippen LogP contribution in [0.25, 0.3) is 0 Å². The van der Waals surface area contributed by atoms with Crippen molar-refractivity contribution in [2.75, 3.05) is 32.7 Å². The van der Waals surface area contributed by atoms with Crippen LogP contribution in [-0.2, 0) is 0 Å². The zero-order chi connectivity index (χ0) is 13.7. The Bertz CT molecular complexity index is 356. The third kappa shape index (κ3) is 3.78. The predicted octanol–water partition coefficient (Wildman–Crippen LogP) is 2.10. The van der Waals surface area contributed by atoms with E-state index < -0.39 is 0 Å². The molecule has 2 rings (SSSR count). The molecule has 1 saturated heterocycles. The molecule has 0 amide bonds. The topological polar surface area (TPSA) is 32.5 Å². The number of benzene rings is 1.